The van der Waals surface area contributed by atoms with E-state index < -0.39 is 129 Å². The molecule has 248 valence electrons. The van der Waals surface area contributed by atoms with E-state index in [4.69, 9.17) is 23.7 Å². The standard InChI is InChI=1S/C24H41N3O16/c1-7(31)25-13-18(36)20(11(5-29)39-22(13)38)42-24-15(27-9(3)33)19(37)21(12(6-30)41-24)43-23-14(26-8(2)32)17(35)16(34)10(4-28)40-23/h10-24,28-30,34-38H,4-6H2,1-3H3,(H,25,31)(H,26,32)(H,27,33)/t10-,11-,12-,13-,14-,15-,16-,17-,18-,19-,20-,21-,22-,23-,24-/m1/s1. The second-order valence-corrected chi connectivity index (χ2v) is 10.5. The Balaban J connectivity index is 1.89. The zero-order valence-electron chi connectivity index (χ0n) is 23.6. The smallest absolute Gasteiger partial charge is 0.217 e. The number of aliphatic hydroxyl groups is 8. The van der Waals surface area contributed by atoms with Gasteiger partial charge >= 0.3 is 0 Å². The summed E-state index contributed by atoms with van der Waals surface area (Å²) in [5.74, 6) is -1.96. The quantitative estimate of drug-likeness (QED) is 0.107. The van der Waals surface area contributed by atoms with Crippen molar-refractivity contribution in [2.75, 3.05) is 19.8 Å². The van der Waals surface area contributed by atoms with Crippen LogP contribution in [-0.2, 0) is 38.1 Å². The van der Waals surface area contributed by atoms with Crippen molar-refractivity contribution in [3.8, 4) is 0 Å². The Bertz CT molecular complexity index is 962. The molecule has 0 bridgehead atoms. The molecular formula is C24H41N3O16. The van der Waals surface area contributed by atoms with E-state index in [1.165, 1.54) is 0 Å². The highest BCUT2D eigenvalue weighted by molar-refractivity contribution is 5.74. The lowest BCUT2D eigenvalue weighted by molar-refractivity contribution is -0.351. The van der Waals surface area contributed by atoms with Crippen LogP contribution in [0.3, 0.4) is 0 Å². The van der Waals surface area contributed by atoms with Gasteiger partial charge in [-0.1, -0.05) is 0 Å². The van der Waals surface area contributed by atoms with Crippen molar-refractivity contribution in [2.45, 2.75) is 113 Å². The number of nitrogens with one attached hydrogen (secondary N) is 3. The van der Waals surface area contributed by atoms with E-state index in [0.29, 0.717) is 0 Å². The van der Waals surface area contributed by atoms with Crippen LogP contribution >= 0.6 is 0 Å². The Morgan fingerprint density at radius 1 is 0.558 bits per heavy atom. The summed E-state index contributed by atoms with van der Waals surface area (Å²) < 4.78 is 28.3. The molecule has 3 saturated heterocycles. The van der Waals surface area contributed by atoms with Crippen LogP contribution in [0.15, 0.2) is 0 Å². The van der Waals surface area contributed by atoms with Crippen molar-refractivity contribution in [1.82, 2.24) is 16.0 Å². The molecule has 0 aromatic carbocycles. The molecule has 3 amide bonds. The Kier molecular flexibility index (Phi) is 12.5. The predicted octanol–water partition coefficient (Wildman–Crippen LogP) is -7.14. The van der Waals surface area contributed by atoms with Crippen LogP contribution < -0.4 is 16.0 Å². The largest absolute Gasteiger partial charge is 0.394 e. The van der Waals surface area contributed by atoms with Crippen molar-refractivity contribution in [3.05, 3.63) is 0 Å². The third-order valence-corrected chi connectivity index (χ3v) is 7.30. The molecule has 0 aromatic rings. The molecule has 3 aliphatic rings. The van der Waals surface area contributed by atoms with Crippen molar-refractivity contribution in [1.29, 1.82) is 0 Å². The van der Waals surface area contributed by atoms with E-state index in [9.17, 15) is 55.2 Å². The average molecular weight is 628 g/mol. The topological polar surface area (TPSA) is 295 Å². The fraction of sp³-hybridized carbons (Fsp3) is 0.875. The van der Waals surface area contributed by atoms with E-state index >= 15 is 0 Å². The zero-order valence-corrected chi connectivity index (χ0v) is 23.6. The highest BCUT2D eigenvalue weighted by atomic mass is 16.7. The Hall–Kier alpha value is -2.11. The molecule has 3 aliphatic heterocycles. The van der Waals surface area contributed by atoms with Crippen LogP contribution in [0, 0.1) is 0 Å². The molecule has 19 heteroatoms. The first-order valence-corrected chi connectivity index (χ1v) is 13.5. The maximum atomic E-state index is 12.1. The number of aliphatic hydroxyl groups excluding tert-OH is 8. The van der Waals surface area contributed by atoms with Gasteiger partial charge in [-0.3, -0.25) is 14.4 Å². The molecule has 43 heavy (non-hydrogen) atoms. The number of carbonyl (C=O) groups is 3. The molecule has 0 radical (unpaired) electrons. The fourth-order valence-corrected chi connectivity index (χ4v) is 5.28. The summed E-state index contributed by atoms with van der Waals surface area (Å²) in [5.41, 5.74) is 0. The second kappa shape index (κ2) is 15.3. The summed E-state index contributed by atoms with van der Waals surface area (Å²) in [6, 6.07) is -4.31. The Morgan fingerprint density at radius 3 is 1.37 bits per heavy atom. The van der Waals surface area contributed by atoms with Gasteiger partial charge in [0.25, 0.3) is 0 Å². The lowest BCUT2D eigenvalue weighted by Crippen LogP contribution is -2.71. The van der Waals surface area contributed by atoms with Crippen LogP contribution in [0.25, 0.3) is 0 Å². The maximum absolute atomic E-state index is 12.1. The first kappa shape index (κ1) is 35.4. The van der Waals surface area contributed by atoms with Crippen molar-refractivity contribution in [2.24, 2.45) is 0 Å². The van der Waals surface area contributed by atoms with E-state index in [1.54, 1.807) is 0 Å². The van der Waals surface area contributed by atoms with E-state index in [-0.39, 0.29) is 0 Å². The third kappa shape index (κ3) is 8.14. The number of rotatable bonds is 10. The number of hydrogen-bond donors (Lipinski definition) is 11. The van der Waals surface area contributed by atoms with Gasteiger partial charge in [0, 0.05) is 20.8 Å². The molecule has 19 nitrogen and oxygen atoms in total. The van der Waals surface area contributed by atoms with Gasteiger partial charge < -0.3 is 80.5 Å². The minimum absolute atomic E-state index is 0.628. The summed E-state index contributed by atoms with van der Waals surface area (Å²) >= 11 is 0. The number of hydrogen-bond acceptors (Lipinski definition) is 16. The first-order valence-electron chi connectivity index (χ1n) is 13.5. The Labute approximate surface area is 245 Å². The maximum Gasteiger partial charge on any atom is 0.217 e. The molecule has 0 aliphatic carbocycles. The predicted molar refractivity (Wildman–Crippen MR) is 136 cm³/mol. The third-order valence-electron chi connectivity index (χ3n) is 7.30. The van der Waals surface area contributed by atoms with E-state index in [1.807, 2.05) is 0 Å². The van der Waals surface area contributed by atoms with Crippen molar-refractivity contribution < 1.29 is 78.9 Å². The number of ether oxygens (including phenoxy) is 5. The minimum Gasteiger partial charge on any atom is -0.394 e. The summed E-state index contributed by atoms with van der Waals surface area (Å²) in [7, 11) is 0. The van der Waals surface area contributed by atoms with Gasteiger partial charge in [-0.05, 0) is 0 Å². The highest BCUT2D eigenvalue weighted by Gasteiger charge is 2.54. The van der Waals surface area contributed by atoms with Gasteiger partial charge in [0.15, 0.2) is 18.9 Å². The molecule has 0 aromatic heterocycles. The zero-order chi connectivity index (χ0) is 32.2. The van der Waals surface area contributed by atoms with E-state index in [2.05, 4.69) is 16.0 Å². The van der Waals surface area contributed by atoms with Crippen LogP contribution in [0.5, 0.6) is 0 Å². The minimum atomic E-state index is -1.77. The van der Waals surface area contributed by atoms with Gasteiger partial charge in [-0.15, -0.1) is 0 Å². The van der Waals surface area contributed by atoms with Crippen molar-refractivity contribution >= 4 is 17.7 Å². The van der Waals surface area contributed by atoms with Gasteiger partial charge in [0.2, 0.25) is 17.7 Å². The highest BCUT2D eigenvalue weighted by Crippen LogP contribution is 2.32. The first-order chi connectivity index (χ1) is 20.2. The van der Waals surface area contributed by atoms with Crippen LogP contribution in [-0.4, -0.2) is 170 Å². The second-order valence-electron chi connectivity index (χ2n) is 10.5. The molecule has 3 rings (SSSR count). The number of carbonyl (C=O) groups excluding carboxylic acids is 3. The Morgan fingerprint density at radius 2 is 0.930 bits per heavy atom. The summed E-state index contributed by atoms with van der Waals surface area (Å²) in [5, 5.41) is 90.0. The number of amides is 3. The summed E-state index contributed by atoms with van der Waals surface area (Å²) in [6.07, 6.45) is -19.0. The monoisotopic (exact) mass is 627 g/mol. The average Bonchev–Trinajstić information content (AvgIpc) is 2.94. The molecular weight excluding hydrogens is 586 g/mol. The van der Waals surface area contributed by atoms with Gasteiger partial charge in [0.1, 0.15) is 73.1 Å². The van der Waals surface area contributed by atoms with Gasteiger partial charge in [0.05, 0.1) is 19.8 Å². The molecule has 0 saturated carbocycles. The van der Waals surface area contributed by atoms with Crippen LogP contribution in [0.4, 0.5) is 0 Å². The molecule has 11 N–H and O–H groups in total. The molecule has 15 atom stereocenters. The van der Waals surface area contributed by atoms with Gasteiger partial charge in [-0.2, -0.15) is 0 Å². The van der Waals surface area contributed by atoms with Gasteiger partial charge in [-0.25, -0.2) is 0 Å². The van der Waals surface area contributed by atoms with E-state index in [0.717, 1.165) is 20.8 Å². The fourth-order valence-electron chi connectivity index (χ4n) is 5.28. The van der Waals surface area contributed by atoms with Crippen LogP contribution in [0.1, 0.15) is 20.8 Å². The lowest BCUT2D eigenvalue weighted by Gasteiger charge is -2.49. The van der Waals surface area contributed by atoms with Crippen LogP contribution in [0.2, 0.25) is 0 Å². The molecule has 3 heterocycles. The normalized spacial score (nSPS) is 43.5. The molecule has 0 unspecified atom stereocenters. The van der Waals surface area contributed by atoms with Crippen molar-refractivity contribution in [3.63, 3.8) is 0 Å². The summed E-state index contributed by atoms with van der Waals surface area (Å²) in [4.78, 5) is 35.5. The SMILES string of the molecule is CC(=O)N[C@@H]1[C@@H](O)[C@H](O[C@H]2O[C@H](CO)[C@@H](O[C@H]3O[C@H](CO)[C@@H](O)[C@H](O)[C@H]3NC(C)=O)[C@H](O)[C@H]2NC(C)=O)[C@@H](CO)O[C@H]1O. The molecule has 3 fully saturated rings. The summed E-state index contributed by atoms with van der Waals surface area (Å²) in [6.45, 7) is 0.995. The molecule has 0 spiro atoms. The lowest BCUT2D eigenvalue weighted by atomic mass is 9.93.